The van der Waals surface area contributed by atoms with Crippen molar-refractivity contribution in [3.05, 3.63) is 52.3 Å². The van der Waals surface area contributed by atoms with E-state index in [1.54, 1.807) is 38.3 Å². The van der Waals surface area contributed by atoms with Crippen molar-refractivity contribution in [2.45, 2.75) is 38.6 Å². The Morgan fingerprint density at radius 1 is 1.14 bits per heavy atom. The monoisotopic (exact) mass is 432 g/mol. The number of thiazole rings is 1. The van der Waals surface area contributed by atoms with Gasteiger partial charge in [0, 0.05) is 6.54 Å². The third-order valence-corrected chi connectivity index (χ3v) is 7.72. The van der Waals surface area contributed by atoms with Crippen LogP contribution in [0.25, 0.3) is 10.2 Å². The molecule has 29 heavy (non-hydrogen) atoms. The molecule has 2 aromatic carbocycles. The number of hydrogen-bond acceptors (Lipinski definition) is 5. The molecule has 0 saturated carbocycles. The molecule has 0 N–H and O–H groups in total. The number of carbonyl (C=O) groups is 1. The average molecular weight is 433 g/mol. The quantitative estimate of drug-likeness (QED) is 0.597. The summed E-state index contributed by atoms with van der Waals surface area (Å²) < 4.78 is 32.4. The minimum Gasteiger partial charge on any atom is -0.495 e. The van der Waals surface area contributed by atoms with E-state index in [-0.39, 0.29) is 23.0 Å². The summed E-state index contributed by atoms with van der Waals surface area (Å²) in [5, 5.41) is 0. The molecule has 3 aromatic rings. The van der Waals surface area contributed by atoms with Gasteiger partial charge in [0.15, 0.2) is 14.6 Å². The van der Waals surface area contributed by atoms with Gasteiger partial charge >= 0.3 is 0 Å². The molecule has 1 aromatic heterocycles. The number of aryl methyl sites for hydroxylation is 2. The molecule has 0 aliphatic carbocycles. The van der Waals surface area contributed by atoms with Crippen molar-refractivity contribution < 1.29 is 17.9 Å². The minimum absolute atomic E-state index is 0.0481. The first-order valence-corrected chi connectivity index (χ1v) is 11.8. The van der Waals surface area contributed by atoms with Crippen LogP contribution in [0, 0.1) is 6.92 Å². The molecule has 0 spiro atoms. The molecule has 0 radical (unpaired) electrons. The van der Waals surface area contributed by atoms with Crippen LogP contribution in [0.5, 0.6) is 5.75 Å². The standard InChI is InChI=1S/C21H24N2O4S2/c1-5-23-19-17(27-4)12-7-14(3)20(19)28-21(23)22-18(24)13-15-8-10-16(11-9-15)29(25,26)6-2/h7-12H,5-6,13H2,1-4H3. The fourth-order valence-electron chi connectivity index (χ4n) is 3.12. The van der Waals surface area contributed by atoms with Crippen LogP contribution in [0.2, 0.25) is 0 Å². The molecular formula is C21H24N2O4S2. The zero-order chi connectivity index (χ0) is 21.2. The number of benzene rings is 2. The fraction of sp³-hybridized carbons (Fsp3) is 0.333. The highest BCUT2D eigenvalue weighted by molar-refractivity contribution is 7.91. The first kappa shape index (κ1) is 21.3. The van der Waals surface area contributed by atoms with Gasteiger partial charge in [-0.2, -0.15) is 4.99 Å². The number of nitrogens with zero attached hydrogens (tertiary/aromatic N) is 2. The SMILES string of the molecule is CCn1c(=NC(=O)Cc2ccc(S(=O)(=O)CC)cc2)sc2c(C)ccc(OC)c21. The number of carbonyl (C=O) groups excluding carboxylic acids is 1. The highest BCUT2D eigenvalue weighted by Crippen LogP contribution is 2.30. The van der Waals surface area contributed by atoms with Crippen LogP contribution >= 0.6 is 11.3 Å². The Kier molecular flexibility index (Phi) is 6.24. The second-order valence-corrected chi connectivity index (χ2v) is 9.88. The summed E-state index contributed by atoms with van der Waals surface area (Å²) in [6, 6.07) is 10.3. The van der Waals surface area contributed by atoms with E-state index in [1.165, 1.54) is 11.3 Å². The predicted octanol–water partition coefficient (Wildman–Crippen LogP) is 3.50. The lowest BCUT2D eigenvalue weighted by Crippen LogP contribution is -2.17. The van der Waals surface area contributed by atoms with Crippen LogP contribution in [0.1, 0.15) is 25.0 Å². The maximum atomic E-state index is 12.6. The Labute approximate surface area is 174 Å². The molecule has 0 aliphatic rings. The van der Waals surface area contributed by atoms with Crippen LogP contribution in [0.4, 0.5) is 0 Å². The minimum atomic E-state index is -3.25. The molecule has 6 nitrogen and oxygen atoms in total. The lowest BCUT2D eigenvalue weighted by Gasteiger charge is -2.07. The van der Waals surface area contributed by atoms with Gasteiger partial charge in [0.05, 0.1) is 28.9 Å². The smallest absolute Gasteiger partial charge is 0.252 e. The Hall–Kier alpha value is -2.45. The molecule has 3 rings (SSSR count). The maximum Gasteiger partial charge on any atom is 0.252 e. The van der Waals surface area contributed by atoms with Gasteiger partial charge < -0.3 is 9.30 Å². The van der Waals surface area contributed by atoms with Crippen molar-refractivity contribution in [1.82, 2.24) is 4.57 Å². The molecule has 8 heteroatoms. The zero-order valence-corrected chi connectivity index (χ0v) is 18.6. The maximum absolute atomic E-state index is 12.6. The number of rotatable bonds is 6. The first-order chi connectivity index (χ1) is 13.8. The largest absolute Gasteiger partial charge is 0.495 e. The molecule has 0 saturated heterocycles. The summed E-state index contributed by atoms with van der Waals surface area (Å²) in [4.78, 5) is 17.8. The topological polar surface area (TPSA) is 77.7 Å². The van der Waals surface area contributed by atoms with Crippen LogP contribution in [0.15, 0.2) is 46.3 Å². The van der Waals surface area contributed by atoms with Gasteiger partial charge in [-0.25, -0.2) is 8.42 Å². The molecule has 0 aliphatic heterocycles. The number of amides is 1. The van der Waals surface area contributed by atoms with E-state index in [0.717, 1.165) is 27.1 Å². The lowest BCUT2D eigenvalue weighted by molar-refractivity contribution is -0.117. The van der Waals surface area contributed by atoms with Crippen LogP contribution in [0.3, 0.4) is 0 Å². The molecule has 1 amide bonds. The Bertz CT molecular complexity index is 1220. The van der Waals surface area contributed by atoms with Crippen molar-refractivity contribution in [1.29, 1.82) is 0 Å². The Morgan fingerprint density at radius 3 is 2.41 bits per heavy atom. The van der Waals surface area contributed by atoms with Crippen molar-refractivity contribution in [2.24, 2.45) is 4.99 Å². The molecule has 1 heterocycles. The number of sulfone groups is 1. The van der Waals surface area contributed by atoms with E-state index >= 15 is 0 Å². The van der Waals surface area contributed by atoms with Crippen LogP contribution < -0.4 is 9.54 Å². The number of ether oxygens (including phenoxy) is 1. The lowest BCUT2D eigenvalue weighted by atomic mass is 10.1. The van der Waals surface area contributed by atoms with E-state index in [2.05, 4.69) is 4.99 Å². The van der Waals surface area contributed by atoms with Gasteiger partial charge in [0.25, 0.3) is 5.91 Å². The molecule has 0 bridgehead atoms. The summed E-state index contributed by atoms with van der Waals surface area (Å²) in [6.45, 7) is 6.30. The van der Waals surface area contributed by atoms with Gasteiger partial charge in [-0.05, 0) is 43.2 Å². The van der Waals surface area contributed by atoms with E-state index in [4.69, 9.17) is 4.74 Å². The highest BCUT2D eigenvalue weighted by atomic mass is 32.2. The fourth-order valence-corrected chi connectivity index (χ4v) is 5.21. The summed E-state index contributed by atoms with van der Waals surface area (Å²) >= 11 is 1.47. The number of fused-ring (bicyclic) bond motifs is 1. The van der Waals surface area contributed by atoms with Crippen molar-refractivity contribution in [3.63, 3.8) is 0 Å². The van der Waals surface area contributed by atoms with Gasteiger partial charge in [-0.1, -0.05) is 36.5 Å². The molecule has 0 atom stereocenters. The summed E-state index contributed by atoms with van der Waals surface area (Å²) in [5.41, 5.74) is 2.78. The third-order valence-electron chi connectivity index (χ3n) is 4.76. The van der Waals surface area contributed by atoms with Gasteiger partial charge in [0.2, 0.25) is 0 Å². The van der Waals surface area contributed by atoms with Crippen LogP contribution in [-0.2, 0) is 27.6 Å². The second-order valence-electron chi connectivity index (χ2n) is 6.62. The normalized spacial score (nSPS) is 12.5. The molecule has 0 fully saturated rings. The van der Waals surface area contributed by atoms with E-state index in [0.29, 0.717) is 11.3 Å². The third kappa shape index (κ3) is 4.28. The molecule has 0 unspecified atom stereocenters. The van der Waals surface area contributed by atoms with Crippen molar-refractivity contribution in [2.75, 3.05) is 12.9 Å². The Morgan fingerprint density at radius 2 is 1.83 bits per heavy atom. The summed E-state index contributed by atoms with van der Waals surface area (Å²) in [5.74, 6) is 0.527. The van der Waals surface area contributed by atoms with Crippen LogP contribution in [-0.4, -0.2) is 31.8 Å². The highest BCUT2D eigenvalue weighted by Gasteiger charge is 2.14. The molecular weight excluding hydrogens is 408 g/mol. The summed E-state index contributed by atoms with van der Waals surface area (Å²) in [7, 11) is -1.62. The van der Waals surface area contributed by atoms with E-state index < -0.39 is 9.84 Å². The Balaban J connectivity index is 1.95. The van der Waals surface area contributed by atoms with Crippen molar-refractivity contribution in [3.8, 4) is 5.75 Å². The van der Waals surface area contributed by atoms with E-state index in [9.17, 15) is 13.2 Å². The van der Waals surface area contributed by atoms with E-state index in [1.807, 2.05) is 30.5 Å². The average Bonchev–Trinajstić information content (AvgIpc) is 3.07. The number of aromatic nitrogens is 1. The number of hydrogen-bond donors (Lipinski definition) is 0. The predicted molar refractivity (Wildman–Crippen MR) is 115 cm³/mol. The van der Waals surface area contributed by atoms with Gasteiger partial charge in [-0.3, -0.25) is 4.79 Å². The van der Waals surface area contributed by atoms with Gasteiger partial charge in [0.1, 0.15) is 11.3 Å². The second kappa shape index (κ2) is 8.51. The number of methoxy groups -OCH3 is 1. The summed E-state index contributed by atoms with van der Waals surface area (Å²) in [6.07, 6.45) is 0.112. The van der Waals surface area contributed by atoms with Crippen molar-refractivity contribution >= 4 is 37.3 Å². The van der Waals surface area contributed by atoms with Gasteiger partial charge in [-0.15, -0.1) is 0 Å². The first-order valence-electron chi connectivity index (χ1n) is 9.36. The molecule has 154 valence electrons. The zero-order valence-electron chi connectivity index (χ0n) is 16.9.